The summed E-state index contributed by atoms with van der Waals surface area (Å²) in [6.45, 7) is 7.30. The van der Waals surface area contributed by atoms with Gasteiger partial charge in [-0.2, -0.15) is 0 Å². The van der Waals surface area contributed by atoms with Crippen molar-refractivity contribution in [2.75, 3.05) is 0 Å². The van der Waals surface area contributed by atoms with Crippen LogP contribution in [-0.4, -0.2) is 35.6 Å². The van der Waals surface area contributed by atoms with E-state index in [0.29, 0.717) is 46.8 Å². The summed E-state index contributed by atoms with van der Waals surface area (Å²) in [4.78, 5) is 0.418. The number of hydrogen-bond acceptors (Lipinski definition) is 4. The zero-order valence-corrected chi connectivity index (χ0v) is 26.0. The van der Waals surface area contributed by atoms with Crippen LogP contribution in [0.1, 0.15) is 117 Å². The van der Waals surface area contributed by atoms with Gasteiger partial charge in [-0.3, -0.25) is 0 Å². The van der Waals surface area contributed by atoms with Crippen molar-refractivity contribution in [1.82, 2.24) is 0 Å². The fourth-order valence-electron chi connectivity index (χ4n) is 11.1. The summed E-state index contributed by atoms with van der Waals surface area (Å²) in [5, 5.41) is 21.5. The summed E-state index contributed by atoms with van der Waals surface area (Å²) >= 11 is 0. The van der Waals surface area contributed by atoms with Crippen molar-refractivity contribution in [3.63, 3.8) is 0 Å². The fraction of sp³-hybridized carbons (Fsp3) is 0.829. The Kier molecular flexibility index (Phi) is 7.78. The van der Waals surface area contributed by atoms with Gasteiger partial charge in [0, 0.05) is 0 Å². The highest BCUT2D eigenvalue weighted by Gasteiger charge is 2.60. The van der Waals surface area contributed by atoms with Crippen LogP contribution in [0.3, 0.4) is 0 Å². The van der Waals surface area contributed by atoms with Crippen LogP contribution in [-0.2, 0) is 9.84 Å². The molecular weight excluding hydrogens is 516 g/mol. The van der Waals surface area contributed by atoms with Gasteiger partial charge in [0.25, 0.3) is 0 Å². The lowest BCUT2D eigenvalue weighted by atomic mass is 9.44. The molecule has 0 radical (unpaired) electrons. The molecule has 0 aromatic heterocycles. The zero-order chi connectivity index (χ0) is 28.3. The van der Waals surface area contributed by atoms with Crippen LogP contribution < -0.4 is 0 Å². The number of aliphatic hydroxyl groups is 2. The maximum Gasteiger partial charge on any atom is 0.181 e. The second kappa shape index (κ2) is 10.7. The van der Waals surface area contributed by atoms with Gasteiger partial charge in [0.2, 0.25) is 0 Å². The van der Waals surface area contributed by atoms with E-state index in [1.165, 1.54) is 38.5 Å². The largest absolute Gasteiger partial charge is 0.393 e. The Morgan fingerprint density at radius 2 is 1.52 bits per heavy atom. The normalized spacial score (nSPS) is 46.2. The van der Waals surface area contributed by atoms with E-state index in [1.807, 2.05) is 18.2 Å². The molecule has 40 heavy (non-hydrogen) atoms. The number of sulfone groups is 1. The highest BCUT2D eigenvalue weighted by atomic mass is 32.2. The van der Waals surface area contributed by atoms with Gasteiger partial charge in [0.1, 0.15) is 0 Å². The second-order valence-corrected chi connectivity index (χ2v) is 18.0. The van der Waals surface area contributed by atoms with Crippen molar-refractivity contribution in [2.24, 2.45) is 46.3 Å². The number of fused-ring (bicyclic) bond motifs is 5. The number of benzene rings is 1. The first kappa shape index (κ1) is 29.2. The van der Waals surface area contributed by atoms with Crippen LogP contribution in [0, 0.1) is 46.3 Å². The monoisotopic (exact) mass is 570 g/mol. The quantitative estimate of drug-likeness (QED) is 0.370. The maximum absolute atomic E-state index is 14.2. The molecule has 0 saturated heterocycles. The molecule has 224 valence electrons. The summed E-state index contributed by atoms with van der Waals surface area (Å²) in [6.07, 6.45) is 14.8. The molecule has 0 bridgehead atoms. The van der Waals surface area contributed by atoms with Crippen LogP contribution in [0.25, 0.3) is 0 Å². The van der Waals surface area contributed by atoms with Gasteiger partial charge in [0.05, 0.1) is 21.9 Å². The molecular formula is C35H54O4S. The van der Waals surface area contributed by atoms with Gasteiger partial charge in [-0.25, -0.2) is 8.42 Å². The molecule has 1 aromatic carbocycles. The van der Waals surface area contributed by atoms with Crippen LogP contribution in [0.4, 0.5) is 0 Å². The standard InChI is InChI=1S/C35H54O4S/c1-24-13-19-35(37,20-14-24)23-29(40(38,39)28-7-5-4-6-8-28)22-26-10-12-31-30-11-9-25-21-27(36)15-17-33(25,2)32(30)16-18-34(26,31)3/h4-8,24-27,29-32,36-37H,9-23H2,1-3H3. The third-order valence-corrected chi connectivity index (χ3v) is 15.9. The van der Waals surface area contributed by atoms with Crippen molar-refractivity contribution in [1.29, 1.82) is 0 Å². The van der Waals surface area contributed by atoms with E-state index in [9.17, 15) is 18.6 Å². The first-order valence-corrected chi connectivity index (χ1v) is 18.2. The van der Waals surface area contributed by atoms with Gasteiger partial charge >= 0.3 is 0 Å². The molecule has 5 saturated carbocycles. The third kappa shape index (κ3) is 5.02. The van der Waals surface area contributed by atoms with Crippen LogP contribution in [0.5, 0.6) is 0 Å². The minimum Gasteiger partial charge on any atom is -0.393 e. The molecule has 9 atom stereocenters. The van der Waals surface area contributed by atoms with Crippen molar-refractivity contribution in [3.8, 4) is 0 Å². The highest BCUT2D eigenvalue weighted by molar-refractivity contribution is 7.92. The molecule has 9 unspecified atom stereocenters. The van der Waals surface area contributed by atoms with E-state index in [4.69, 9.17) is 0 Å². The fourth-order valence-corrected chi connectivity index (χ4v) is 13.0. The van der Waals surface area contributed by atoms with Crippen molar-refractivity contribution in [2.45, 2.75) is 139 Å². The van der Waals surface area contributed by atoms with Crippen molar-refractivity contribution >= 4 is 9.84 Å². The average Bonchev–Trinajstić information content (AvgIpc) is 3.27. The Labute approximate surface area is 243 Å². The van der Waals surface area contributed by atoms with Crippen molar-refractivity contribution in [3.05, 3.63) is 30.3 Å². The zero-order valence-electron chi connectivity index (χ0n) is 25.2. The summed E-state index contributed by atoms with van der Waals surface area (Å²) < 4.78 is 28.4. The molecule has 5 aliphatic rings. The first-order valence-electron chi connectivity index (χ1n) is 16.6. The molecule has 5 aliphatic carbocycles. The highest BCUT2D eigenvalue weighted by Crippen LogP contribution is 2.68. The van der Waals surface area contributed by atoms with E-state index in [1.54, 1.807) is 12.1 Å². The summed E-state index contributed by atoms with van der Waals surface area (Å²) in [5.41, 5.74) is -0.317. The van der Waals surface area contributed by atoms with Gasteiger partial charge in [-0.05, 0) is 155 Å². The summed E-state index contributed by atoms with van der Waals surface area (Å²) in [5.74, 6) is 3.85. The van der Waals surface area contributed by atoms with Gasteiger partial charge in [0.15, 0.2) is 9.84 Å². The topological polar surface area (TPSA) is 74.6 Å². The van der Waals surface area contributed by atoms with Crippen molar-refractivity contribution < 1.29 is 18.6 Å². The molecule has 4 nitrogen and oxygen atoms in total. The van der Waals surface area contributed by atoms with Crippen LogP contribution in [0.15, 0.2) is 35.2 Å². The molecule has 0 spiro atoms. The molecule has 5 heteroatoms. The Morgan fingerprint density at radius 3 is 2.25 bits per heavy atom. The predicted octanol–water partition coefficient (Wildman–Crippen LogP) is 7.57. The Morgan fingerprint density at radius 1 is 0.850 bits per heavy atom. The number of hydrogen-bond donors (Lipinski definition) is 2. The second-order valence-electron chi connectivity index (χ2n) is 15.7. The van der Waals surface area contributed by atoms with E-state index in [-0.39, 0.29) is 11.5 Å². The van der Waals surface area contributed by atoms with Gasteiger partial charge in [-0.15, -0.1) is 0 Å². The molecule has 2 N–H and O–H groups in total. The van der Waals surface area contributed by atoms with E-state index >= 15 is 0 Å². The van der Waals surface area contributed by atoms with E-state index < -0.39 is 20.7 Å². The Hall–Kier alpha value is -0.910. The predicted molar refractivity (Wildman–Crippen MR) is 160 cm³/mol. The third-order valence-electron chi connectivity index (χ3n) is 13.7. The van der Waals surface area contributed by atoms with E-state index in [0.717, 1.165) is 56.8 Å². The Bertz CT molecular complexity index is 1140. The van der Waals surface area contributed by atoms with Gasteiger partial charge in [-0.1, -0.05) is 39.0 Å². The molecule has 5 fully saturated rings. The number of aliphatic hydroxyl groups excluding tert-OH is 1. The van der Waals surface area contributed by atoms with Crippen LogP contribution in [0.2, 0.25) is 0 Å². The van der Waals surface area contributed by atoms with E-state index in [2.05, 4.69) is 20.8 Å². The smallest absolute Gasteiger partial charge is 0.181 e. The lowest BCUT2D eigenvalue weighted by Gasteiger charge is -2.61. The lowest BCUT2D eigenvalue weighted by molar-refractivity contribution is -0.127. The maximum atomic E-state index is 14.2. The first-order chi connectivity index (χ1) is 18.9. The molecule has 6 rings (SSSR count). The molecule has 1 aromatic rings. The lowest BCUT2D eigenvalue weighted by Crippen LogP contribution is -2.54. The average molecular weight is 571 g/mol. The molecule has 0 aliphatic heterocycles. The molecule has 0 heterocycles. The summed E-state index contributed by atoms with van der Waals surface area (Å²) in [7, 11) is -3.54. The SMILES string of the molecule is CC1CCC(O)(CC(CC2CCC3C4CCC5CC(O)CCC5(C)C4CCC23C)S(=O)(=O)c2ccccc2)CC1. The molecule has 0 amide bonds. The van der Waals surface area contributed by atoms with Gasteiger partial charge < -0.3 is 10.2 Å². The summed E-state index contributed by atoms with van der Waals surface area (Å²) in [6, 6.07) is 9.04. The Balaban J connectivity index is 1.25. The minimum atomic E-state index is -3.54. The minimum absolute atomic E-state index is 0.106. The van der Waals surface area contributed by atoms with Crippen LogP contribution >= 0.6 is 0 Å². The number of rotatable bonds is 6.